The monoisotopic (exact) mass is 237 g/mol. The molecule has 0 radical (unpaired) electrons. The Kier molecular flexibility index (Phi) is 1.74. The molecule has 0 bridgehead atoms. The first kappa shape index (κ1) is 9.76. The number of fused-ring (bicyclic) bond motifs is 3. The third-order valence-electron chi connectivity index (χ3n) is 2.51. The minimum atomic E-state index is -0.840. The smallest absolute Gasteiger partial charge is 0.326 e. The van der Waals surface area contributed by atoms with Gasteiger partial charge in [0, 0.05) is 6.07 Å². The lowest BCUT2D eigenvalue weighted by molar-refractivity contribution is 0.592. The quantitative estimate of drug-likeness (QED) is 0.544. The molecule has 0 aliphatic heterocycles. The summed E-state index contributed by atoms with van der Waals surface area (Å²) in [4.78, 5) is 29.4. The second kappa shape index (κ2) is 3.03. The van der Waals surface area contributed by atoms with Gasteiger partial charge in [-0.2, -0.15) is 0 Å². The van der Waals surface area contributed by atoms with Gasteiger partial charge in [0.1, 0.15) is 17.2 Å². The molecule has 0 spiro atoms. The highest BCUT2D eigenvalue weighted by Crippen LogP contribution is 2.24. The number of rotatable bonds is 0. The molecule has 0 saturated carbocycles. The lowest BCUT2D eigenvalue weighted by Crippen LogP contribution is -2.21. The van der Waals surface area contributed by atoms with Gasteiger partial charge in [0.2, 0.25) is 0 Å². The Hall–Kier alpha value is -2.44. The molecule has 0 fully saturated rings. The molecule has 0 saturated heterocycles. The van der Waals surface area contributed by atoms with Crippen LogP contribution in [0.1, 0.15) is 0 Å². The van der Waals surface area contributed by atoms with E-state index >= 15 is 0 Å². The Morgan fingerprint density at radius 3 is 2.47 bits per heavy atom. The molecule has 3 aromatic rings. The van der Waals surface area contributed by atoms with Crippen LogP contribution < -0.4 is 11.2 Å². The lowest BCUT2D eigenvalue weighted by atomic mass is 10.2. The fourth-order valence-corrected chi connectivity index (χ4v) is 1.85. The molecule has 0 unspecified atom stereocenters. The van der Waals surface area contributed by atoms with Gasteiger partial charge in [0.25, 0.3) is 5.56 Å². The van der Waals surface area contributed by atoms with Gasteiger partial charge in [-0.05, 0) is 6.07 Å². The van der Waals surface area contributed by atoms with Gasteiger partial charge in [0.05, 0.1) is 16.4 Å². The van der Waals surface area contributed by atoms with E-state index < -0.39 is 22.9 Å². The van der Waals surface area contributed by atoms with Gasteiger partial charge in [0.15, 0.2) is 0 Å². The molecule has 3 rings (SSSR count). The van der Waals surface area contributed by atoms with Gasteiger partial charge in [-0.3, -0.25) is 9.78 Å². The second-order valence-corrected chi connectivity index (χ2v) is 3.59. The normalized spacial score (nSPS) is 11.4. The van der Waals surface area contributed by atoms with Crippen molar-refractivity contribution in [2.75, 3.05) is 0 Å². The number of H-pyrrole nitrogens is 3. The number of benzene rings is 1. The number of hydrogen-bond donors (Lipinski definition) is 3. The molecule has 0 aliphatic rings. The van der Waals surface area contributed by atoms with E-state index in [-0.39, 0.29) is 21.9 Å². The minimum absolute atomic E-state index is 0.00380. The van der Waals surface area contributed by atoms with Crippen molar-refractivity contribution in [2.24, 2.45) is 0 Å². The molecule has 3 N–H and O–H groups in total. The van der Waals surface area contributed by atoms with Crippen molar-refractivity contribution in [3.63, 3.8) is 0 Å². The maximum absolute atomic E-state index is 13.6. The highest BCUT2D eigenvalue weighted by atomic mass is 19.1. The summed E-state index contributed by atoms with van der Waals surface area (Å²) in [6.07, 6.45) is 0. The van der Waals surface area contributed by atoms with E-state index in [0.29, 0.717) is 6.07 Å². The number of aromatic nitrogens is 3. The van der Waals surface area contributed by atoms with E-state index in [4.69, 9.17) is 0 Å². The van der Waals surface area contributed by atoms with Gasteiger partial charge in [-0.25, -0.2) is 13.6 Å². The van der Waals surface area contributed by atoms with Gasteiger partial charge >= 0.3 is 5.69 Å². The third kappa shape index (κ3) is 1.28. The average Bonchev–Trinajstić information content (AvgIpc) is 2.56. The van der Waals surface area contributed by atoms with Crippen LogP contribution in [0.25, 0.3) is 21.9 Å². The zero-order valence-corrected chi connectivity index (χ0v) is 8.23. The molecule has 0 atom stereocenters. The summed E-state index contributed by atoms with van der Waals surface area (Å²) < 4.78 is 26.6. The highest BCUT2D eigenvalue weighted by Gasteiger charge is 2.13. The van der Waals surface area contributed by atoms with E-state index in [1.165, 1.54) is 0 Å². The number of hydrogen-bond acceptors (Lipinski definition) is 2. The van der Waals surface area contributed by atoms with Crippen LogP contribution in [0.5, 0.6) is 0 Å². The van der Waals surface area contributed by atoms with Crippen LogP contribution in [0.15, 0.2) is 21.7 Å². The predicted molar refractivity (Wildman–Crippen MR) is 57.0 cm³/mol. The zero-order chi connectivity index (χ0) is 12.2. The lowest BCUT2D eigenvalue weighted by Gasteiger charge is -1.93. The summed E-state index contributed by atoms with van der Waals surface area (Å²) >= 11 is 0. The molecule has 2 aromatic heterocycles. The number of halogens is 2. The largest absolute Gasteiger partial charge is 0.349 e. The molecule has 5 nitrogen and oxygen atoms in total. The van der Waals surface area contributed by atoms with Gasteiger partial charge in [-0.1, -0.05) is 0 Å². The van der Waals surface area contributed by atoms with Crippen molar-refractivity contribution in [3.05, 3.63) is 44.6 Å². The number of aromatic amines is 3. The minimum Gasteiger partial charge on any atom is -0.349 e. The molecule has 0 aliphatic carbocycles. The maximum atomic E-state index is 13.6. The third-order valence-corrected chi connectivity index (χ3v) is 2.51. The summed E-state index contributed by atoms with van der Waals surface area (Å²) in [5.74, 6) is -1.60. The van der Waals surface area contributed by atoms with Crippen LogP contribution in [0.3, 0.4) is 0 Å². The summed E-state index contributed by atoms with van der Waals surface area (Å²) in [6, 6.07) is 1.74. The SMILES string of the molecule is O=c1[nH]c(=O)c2[nH]c3cc(F)cc(F)c3c2[nH]1. The van der Waals surface area contributed by atoms with Crippen LogP contribution in [-0.2, 0) is 0 Å². The Morgan fingerprint density at radius 2 is 1.71 bits per heavy atom. The van der Waals surface area contributed by atoms with E-state index in [0.717, 1.165) is 6.07 Å². The van der Waals surface area contributed by atoms with E-state index in [9.17, 15) is 18.4 Å². The molecule has 2 heterocycles. The fourth-order valence-electron chi connectivity index (χ4n) is 1.85. The first-order valence-electron chi connectivity index (χ1n) is 4.69. The van der Waals surface area contributed by atoms with Crippen molar-refractivity contribution in [3.8, 4) is 0 Å². The Morgan fingerprint density at radius 1 is 0.941 bits per heavy atom. The van der Waals surface area contributed by atoms with Crippen molar-refractivity contribution < 1.29 is 8.78 Å². The zero-order valence-electron chi connectivity index (χ0n) is 8.23. The highest BCUT2D eigenvalue weighted by molar-refractivity contribution is 6.04. The Bertz CT molecular complexity index is 859. The standard InChI is InChI=1S/C10H5F2N3O2/c11-3-1-4(12)6-5(2-3)13-8-7(6)14-10(17)15-9(8)16/h1-2,13H,(H2,14,15,16,17). The van der Waals surface area contributed by atoms with Gasteiger partial charge < -0.3 is 9.97 Å². The van der Waals surface area contributed by atoms with Crippen LogP contribution in [0.4, 0.5) is 8.78 Å². The molecular weight excluding hydrogens is 232 g/mol. The van der Waals surface area contributed by atoms with Crippen LogP contribution in [0, 0.1) is 11.6 Å². The number of nitrogens with one attached hydrogen (secondary N) is 3. The van der Waals surface area contributed by atoms with Crippen LogP contribution in [0.2, 0.25) is 0 Å². The molecule has 1 aromatic carbocycles. The Balaban J connectivity index is 2.70. The van der Waals surface area contributed by atoms with Gasteiger partial charge in [-0.15, -0.1) is 0 Å². The summed E-state index contributed by atoms with van der Waals surface area (Å²) in [6.45, 7) is 0. The summed E-state index contributed by atoms with van der Waals surface area (Å²) in [7, 11) is 0. The average molecular weight is 237 g/mol. The van der Waals surface area contributed by atoms with Crippen molar-refractivity contribution in [1.29, 1.82) is 0 Å². The van der Waals surface area contributed by atoms with E-state index in [1.807, 2.05) is 4.98 Å². The molecule has 17 heavy (non-hydrogen) atoms. The first-order chi connectivity index (χ1) is 8.06. The maximum Gasteiger partial charge on any atom is 0.326 e. The van der Waals surface area contributed by atoms with Crippen molar-refractivity contribution in [1.82, 2.24) is 15.0 Å². The topological polar surface area (TPSA) is 81.5 Å². The summed E-state index contributed by atoms with van der Waals surface area (Å²) in [5, 5.41) is -0.00963. The first-order valence-corrected chi connectivity index (χ1v) is 4.69. The predicted octanol–water partition coefficient (Wildman–Crippen LogP) is 0.976. The van der Waals surface area contributed by atoms with Crippen LogP contribution in [-0.4, -0.2) is 15.0 Å². The fraction of sp³-hybridized carbons (Fsp3) is 0. The second-order valence-electron chi connectivity index (χ2n) is 3.59. The molecular formula is C10H5F2N3O2. The molecule has 0 amide bonds. The van der Waals surface area contributed by atoms with Crippen molar-refractivity contribution in [2.45, 2.75) is 0 Å². The summed E-state index contributed by atoms with van der Waals surface area (Å²) in [5.41, 5.74) is -1.27. The van der Waals surface area contributed by atoms with Crippen LogP contribution >= 0.6 is 0 Å². The molecule has 86 valence electrons. The van der Waals surface area contributed by atoms with E-state index in [2.05, 4.69) is 9.97 Å². The Labute approximate surface area is 91.1 Å². The molecule has 7 heteroatoms. The van der Waals surface area contributed by atoms with E-state index in [1.54, 1.807) is 0 Å². The van der Waals surface area contributed by atoms with Crippen molar-refractivity contribution >= 4 is 21.9 Å².